The summed E-state index contributed by atoms with van der Waals surface area (Å²) in [5.74, 6) is 0.698. The van der Waals surface area contributed by atoms with Crippen molar-refractivity contribution in [1.82, 2.24) is 0 Å². The van der Waals surface area contributed by atoms with Gasteiger partial charge in [0.05, 0.1) is 0 Å². The molecule has 0 amide bonds. The van der Waals surface area contributed by atoms with E-state index in [4.69, 9.17) is 10.5 Å². The van der Waals surface area contributed by atoms with Crippen molar-refractivity contribution in [2.45, 2.75) is 19.1 Å². The Labute approximate surface area is 127 Å². The molecule has 2 aromatic rings. The first-order chi connectivity index (χ1) is 9.58. The Bertz CT molecular complexity index is 558. The molecule has 0 heterocycles. The highest BCUT2D eigenvalue weighted by atomic mass is 79.9. The maximum atomic E-state index is 10.1. The SMILES string of the molecule is CC(N)c1ccc(Br)cc1OCC(O)c1ccccc1. The lowest BCUT2D eigenvalue weighted by Crippen LogP contribution is -2.13. The number of aliphatic hydroxyl groups is 1. The maximum Gasteiger partial charge on any atom is 0.125 e. The number of ether oxygens (including phenoxy) is 1. The van der Waals surface area contributed by atoms with Crippen molar-refractivity contribution < 1.29 is 9.84 Å². The molecule has 2 unspecified atom stereocenters. The molecule has 4 heteroatoms. The zero-order chi connectivity index (χ0) is 14.5. The van der Waals surface area contributed by atoms with Crippen molar-refractivity contribution in [3.8, 4) is 5.75 Å². The summed E-state index contributed by atoms with van der Waals surface area (Å²) in [5, 5.41) is 10.1. The van der Waals surface area contributed by atoms with Gasteiger partial charge in [0.1, 0.15) is 18.5 Å². The Morgan fingerprint density at radius 2 is 1.90 bits per heavy atom. The van der Waals surface area contributed by atoms with Crippen LogP contribution in [0, 0.1) is 0 Å². The molecule has 2 rings (SSSR count). The molecule has 0 bridgehead atoms. The van der Waals surface area contributed by atoms with E-state index in [1.807, 2.05) is 55.5 Å². The van der Waals surface area contributed by atoms with Crippen LogP contribution in [-0.4, -0.2) is 11.7 Å². The summed E-state index contributed by atoms with van der Waals surface area (Å²) in [6.45, 7) is 2.10. The van der Waals surface area contributed by atoms with E-state index in [0.717, 1.165) is 15.6 Å². The van der Waals surface area contributed by atoms with Gasteiger partial charge in [-0.05, 0) is 24.6 Å². The average Bonchev–Trinajstić information content (AvgIpc) is 2.45. The van der Waals surface area contributed by atoms with Crippen molar-refractivity contribution in [3.63, 3.8) is 0 Å². The molecule has 0 aliphatic heterocycles. The Morgan fingerprint density at radius 1 is 1.20 bits per heavy atom. The number of halogens is 1. The van der Waals surface area contributed by atoms with E-state index in [1.54, 1.807) is 0 Å². The van der Waals surface area contributed by atoms with Gasteiger partial charge in [-0.3, -0.25) is 0 Å². The summed E-state index contributed by atoms with van der Waals surface area (Å²) in [6.07, 6.45) is -0.656. The fourth-order valence-electron chi connectivity index (χ4n) is 1.95. The van der Waals surface area contributed by atoms with Crippen LogP contribution in [-0.2, 0) is 0 Å². The molecule has 0 saturated carbocycles. The number of benzene rings is 2. The summed E-state index contributed by atoms with van der Waals surface area (Å²) >= 11 is 3.41. The van der Waals surface area contributed by atoms with Crippen molar-refractivity contribution in [2.75, 3.05) is 6.61 Å². The molecule has 0 radical (unpaired) electrons. The summed E-state index contributed by atoms with van der Waals surface area (Å²) in [5.41, 5.74) is 7.69. The number of hydrogen-bond acceptors (Lipinski definition) is 3. The smallest absolute Gasteiger partial charge is 0.125 e. The number of nitrogens with two attached hydrogens (primary N) is 1. The lowest BCUT2D eigenvalue weighted by molar-refractivity contribution is 0.107. The highest BCUT2D eigenvalue weighted by Gasteiger charge is 2.12. The van der Waals surface area contributed by atoms with Gasteiger partial charge in [-0.25, -0.2) is 0 Å². The van der Waals surface area contributed by atoms with Gasteiger partial charge in [0.25, 0.3) is 0 Å². The van der Waals surface area contributed by atoms with Crippen LogP contribution in [0.25, 0.3) is 0 Å². The third-order valence-electron chi connectivity index (χ3n) is 3.05. The van der Waals surface area contributed by atoms with E-state index in [2.05, 4.69) is 15.9 Å². The predicted octanol–water partition coefficient (Wildman–Crippen LogP) is 3.58. The van der Waals surface area contributed by atoms with E-state index in [1.165, 1.54) is 0 Å². The van der Waals surface area contributed by atoms with Gasteiger partial charge < -0.3 is 15.6 Å². The first kappa shape index (κ1) is 15.0. The van der Waals surface area contributed by atoms with E-state index in [9.17, 15) is 5.11 Å². The zero-order valence-electron chi connectivity index (χ0n) is 11.3. The molecule has 0 fully saturated rings. The second-order valence-corrected chi connectivity index (χ2v) is 5.62. The van der Waals surface area contributed by atoms with E-state index < -0.39 is 6.10 Å². The molecule has 0 aliphatic carbocycles. The largest absolute Gasteiger partial charge is 0.490 e. The molecule has 0 aromatic heterocycles. The molecular weight excluding hydrogens is 318 g/mol. The third kappa shape index (κ3) is 3.82. The molecule has 2 aromatic carbocycles. The minimum absolute atomic E-state index is 0.119. The van der Waals surface area contributed by atoms with Gasteiger partial charge >= 0.3 is 0 Å². The zero-order valence-corrected chi connectivity index (χ0v) is 12.9. The Kier molecular flexibility index (Phi) is 5.17. The Morgan fingerprint density at radius 3 is 2.55 bits per heavy atom. The maximum absolute atomic E-state index is 10.1. The minimum Gasteiger partial charge on any atom is -0.490 e. The molecule has 106 valence electrons. The topological polar surface area (TPSA) is 55.5 Å². The van der Waals surface area contributed by atoms with Gasteiger partial charge in [0.15, 0.2) is 0 Å². The van der Waals surface area contributed by atoms with E-state index in [-0.39, 0.29) is 12.6 Å². The van der Waals surface area contributed by atoms with E-state index >= 15 is 0 Å². The van der Waals surface area contributed by atoms with Crippen molar-refractivity contribution in [3.05, 3.63) is 64.1 Å². The van der Waals surface area contributed by atoms with Crippen LogP contribution in [0.1, 0.15) is 30.2 Å². The second kappa shape index (κ2) is 6.88. The van der Waals surface area contributed by atoms with Gasteiger partial charge in [-0.15, -0.1) is 0 Å². The fourth-order valence-corrected chi connectivity index (χ4v) is 2.29. The third-order valence-corrected chi connectivity index (χ3v) is 3.54. The van der Waals surface area contributed by atoms with Crippen molar-refractivity contribution >= 4 is 15.9 Å². The number of aliphatic hydroxyl groups excluding tert-OH is 1. The Hall–Kier alpha value is -1.36. The molecule has 3 N–H and O–H groups in total. The van der Waals surface area contributed by atoms with Gasteiger partial charge in [0.2, 0.25) is 0 Å². The standard InChI is InChI=1S/C16H18BrNO2/c1-11(18)14-8-7-13(17)9-16(14)20-10-15(19)12-5-3-2-4-6-12/h2-9,11,15,19H,10,18H2,1H3. The lowest BCUT2D eigenvalue weighted by Gasteiger charge is -2.17. The summed E-state index contributed by atoms with van der Waals surface area (Å²) in [6, 6.07) is 15.1. The molecule has 20 heavy (non-hydrogen) atoms. The van der Waals surface area contributed by atoms with Crippen molar-refractivity contribution in [2.24, 2.45) is 5.73 Å². The molecule has 0 aliphatic rings. The van der Waals surface area contributed by atoms with Gasteiger partial charge in [0, 0.05) is 16.1 Å². The molecule has 3 nitrogen and oxygen atoms in total. The average molecular weight is 336 g/mol. The normalized spacial score (nSPS) is 13.8. The quantitative estimate of drug-likeness (QED) is 0.877. The molecular formula is C16H18BrNO2. The van der Waals surface area contributed by atoms with Crippen molar-refractivity contribution in [1.29, 1.82) is 0 Å². The van der Waals surface area contributed by atoms with Crippen LogP contribution in [0.3, 0.4) is 0 Å². The molecule has 2 atom stereocenters. The Balaban J connectivity index is 2.09. The van der Waals surface area contributed by atoms with Gasteiger partial charge in [-0.1, -0.05) is 52.3 Å². The number of hydrogen-bond donors (Lipinski definition) is 2. The minimum atomic E-state index is -0.656. The van der Waals surface area contributed by atoms with E-state index in [0.29, 0.717) is 5.75 Å². The highest BCUT2D eigenvalue weighted by Crippen LogP contribution is 2.28. The molecule has 0 saturated heterocycles. The summed E-state index contributed by atoms with van der Waals surface area (Å²) < 4.78 is 6.66. The molecule has 0 spiro atoms. The fraction of sp³-hybridized carbons (Fsp3) is 0.250. The lowest BCUT2D eigenvalue weighted by atomic mass is 10.1. The first-order valence-electron chi connectivity index (χ1n) is 6.48. The monoisotopic (exact) mass is 335 g/mol. The second-order valence-electron chi connectivity index (χ2n) is 4.71. The van der Waals surface area contributed by atoms with Crippen LogP contribution >= 0.6 is 15.9 Å². The van der Waals surface area contributed by atoms with Crippen LogP contribution in [0.15, 0.2) is 53.0 Å². The highest BCUT2D eigenvalue weighted by molar-refractivity contribution is 9.10. The van der Waals surface area contributed by atoms with Gasteiger partial charge in [-0.2, -0.15) is 0 Å². The summed E-state index contributed by atoms with van der Waals surface area (Å²) in [4.78, 5) is 0. The first-order valence-corrected chi connectivity index (χ1v) is 7.28. The number of rotatable bonds is 5. The van der Waals surface area contributed by atoms with Crippen LogP contribution in [0.2, 0.25) is 0 Å². The predicted molar refractivity (Wildman–Crippen MR) is 83.6 cm³/mol. The van der Waals surface area contributed by atoms with Crippen LogP contribution < -0.4 is 10.5 Å². The van der Waals surface area contributed by atoms with Crippen LogP contribution in [0.5, 0.6) is 5.75 Å². The van der Waals surface area contributed by atoms with Crippen LogP contribution in [0.4, 0.5) is 0 Å². The summed E-state index contributed by atoms with van der Waals surface area (Å²) in [7, 11) is 0.